The second-order valence-electron chi connectivity index (χ2n) is 8.65. The van der Waals surface area contributed by atoms with E-state index in [0.717, 1.165) is 5.56 Å². The highest BCUT2D eigenvalue weighted by Crippen LogP contribution is 2.39. The van der Waals surface area contributed by atoms with E-state index in [0.29, 0.717) is 49.2 Å². The summed E-state index contributed by atoms with van der Waals surface area (Å²) in [5.41, 5.74) is 2.05. The molecule has 0 aliphatic heterocycles. The molecule has 3 nitrogen and oxygen atoms in total. The predicted octanol–water partition coefficient (Wildman–Crippen LogP) is 7.69. The zero-order chi connectivity index (χ0) is 24.9. The molecule has 0 heterocycles. The third kappa shape index (κ3) is 5.42. The number of ether oxygens (including phenoxy) is 2. The summed E-state index contributed by atoms with van der Waals surface area (Å²) in [5.74, 6) is -3.61. The Kier molecular flexibility index (Phi) is 7.59. The fraction of sp³-hybridized carbons (Fsp3) is 0.276. The zero-order valence-electron chi connectivity index (χ0n) is 19.5. The van der Waals surface area contributed by atoms with Crippen LogP contribution in [0.4, 0.5) is 13.2 Å². The maximum atomic E-state index is 14.7. The average Bonchev–Trinajstić information content (AvgIpc) is 2.87. The molecule has 0 atom stereocenters. The first-order chi connectivity index (χ1) is 16.9. The van der Waals surface area contributed by atoms with E-state index in [9.17, 15) is 18.0 Å². The lowest BCUT2D eigenvalue weighted by atomic mass is 9.78. The Morgan fingerprint density at radius 2 is 1.69 bits per heavy atom. The summed E-state index contributed by atoms with van der Waals surface area (Å²) in [4.78, 5) is 12.7. The normalized spacial score (nSPS) is 17.6. The summed E-state index contributed by atoms with van der Waals surface area (Å²) in [7, 11) is 0. The van der Waals surface area contributed by atoms with Crippen LogP contribution in [-0.4, -0.2) is 12.6 Å². The second-order valence-corrected chi connectivity index (χ2v) is 8.65. The molecule has 35 heavy (non-hydrogen) atoms. The molecule has 6 heteroatoms. The lowest BCUT2D eigenvalue weighted by Gasteiger charge is -2.28. The Bertz CT molecular complexity index is 1210. The van der Waals surface area contributed by atoms with Crippen molar-refractivity contribution < 1.29 is 27.4 Å². The van der Waals surface area contributed by atoms with Gasteiger partial charge in [-0.05, 0) is 73.4 Å². The van der Waals surface area contributed by atoms with Crippen LogP contribution in [0, 0.1) is 23.4 Å². The number of carbonyl (C=O) groups excluding carboxylic acids is 1. The number of halogens is 3. The number of hydrogen-bond donors (Lipinski definition) is 0. The second kappa shape index (κ2) is 10.8. The van der Waals surface area contributed by atoms with Crippen LogP contribution in [0.1, 0.15) is 49.7 Å². The number of benzene rings is 3. The molecule has 1 fully saturated rings. The van der Waals surface area contributed by atoms with Gasteiger partial charge in [-0.25, -0.2) is 8.78 Å². The highest BCUT2D eigenvalue weighted by atomic mass is 19.2. The van der Waals surface area contributed by atoms with Gasteiger partial charge < -0.3 is 9.47 Å². The number of hydrogen-bond acceptors (Lipinski definition) is 3. The van der Waals surface area contributed by atoms with Gasteiger partial charge in [0.2, 0.25) is 5.82 Å². The van der Waals surface area contributed by atoms with Gasteiger partial charge in [0.25, 0.3) is 0 Å². The van der Waals surface area contributed by atoms with E-state index in [-0.39, 0.29) is 17.3 Å². The number of esters is 1. The molecule has 1 aliphatic carbocycles. The van der Waals surface area contributed by atoms with E-state index in [1.165, 1.54) is 18.2 Å². The van der Waals surface area contributed by atoms with Gasteiger partial charge in [0, 0.05) is 11.6 Å². The summed E-state index contributed by atoms with van der Waals surface area (Å²) in [6, 6.07) is 14.4. The molecule has 3 aromatic rings. The Morgan fingerprint density at radius 3 is 2.31 bits per heavy atom. The molecule has 0 N–H and O–H groups in total. The molecule has 0 spiro atoms. The van der Waals surface area contributed by atoms with E-state index >= 15 is 0 Å². The fourth-order valence-corrected chi connectivity index (χ4v) is 4.56. The molecule has 182 valence electrons. The Hall–Kier alpha value is -3.54. The van der Waals surface area contributed by atoms with E-state index in [2.05, 4.69) is 6.58 Å². The van der Waals surface area contributed by atoms with Gasteiger partial charge in [0.05, 0.1) is 12.5 Å². The van der Waals surface area contributed by atoms with Gasteiger partial charge >= 0.3 is 5.97 Å². The summed E-state index contributed by atoms with van der Waals surface area (Å²) in [6.07, 6.45) is 3.82. The quantitative estimate of drug-likeness (QED) is 0.257. The zero-order valence-corrected chi connectivity index (χ0v) is 19.5. The molecule has 0 saturated heterocycles. The van der Waals surface area contributed by atoms with Crippen molar-refractivity contribution >= 4 is 12.0 Å². The fourth-order valence-electron chi connectivity index (χ4n) is 4.56. The molecule has 1 saturated carbocycles. The first-order valence-electron chi connectivity index (χ1n) is 11.8. The molecule has 0 unspecified atom stereocenters. The van der Waals surface area contributed by atoms with E-state index in [1.54, 1.807) is 42.5 Å². The van der Waals surface area contributed by atoms with Gasteiger partial charge in [-0.15, -0.1) is 0 Å². The lowest BCUT2D eigenvalue weighted by Crippen LogP contribution is -2.25. The summed E-state index contributed by atoms with van der Waals surface area (Å²) in [6.45, 7) is 5.97. The third-order valence-electron chi connectivity index (χ3n) is 6.50. The molecular formula is C29H27F3O3. The van der Waals surface area contributed by atoms with Crippen LogP contribution < -0.4 is 9.47 Å². The standard InChI is InChI=1S/C29H27F3O3/c1-3-18-5-7-20(8-6-18)24-15-16-26(28(32)27(24)31)35-29(33)21-11-9-19(10-12-21)23-14-13-22(34-4-2)17-25(23)30/h3,5-8,13-17,19,21H,1,4,9-12H2,2H3. The third-order valence-corrected chi connectivity index (χ3v) is 6.50. The first-order valence-corrected chi connectivity index (χ1v) is 11.8. The van der Waals surface area contributed by atoms with Crippen molar-refractivity contribution in [2.24, 2.45) is 5.92 Å². The summed E-state index contributed by atoms with van der Waals surface area (Å²) < 4.78 is 54.6. The SMILES string of the molecule is C=Cc1ccc(-c2ccc(OC(=O)C3CCC(c4ccc(OCC)cc4F)CC3)c(F)c2F)cc1. The minimum Gasteiger partial charge on any atom is -0.494 e. The monoisotopic (exact) mass is 480 g/mol. The van der Waals surface area contributed by atoms with Crippen LogP contribution in [0.2, 0.25) is 0 Å². The molecule has 3 aromatic carbocycles. The maximum Gasteiger partial charge on any atom is 0.314 e. The molecule has 0 bridgehead atoms. The maximum absolute atomic E-state index is 14.7. The largest absolute Gasteiger partial charge is 0.494 e. The highest BCUT2D eigenvalue weighted by Gasteiger charge is 2.30. The minimum atomic E-state index is -1.20. The van der Waals surface area contributed by atoms with Crippen molar-refractivity contribution in [1.29, 1.82) is 0 Å². The van der Waals surface area contributed by atoms with E-state index in [4.69, 9.17) is 9.47 Å². The topological polar surface area (TPSA) is 35.5 Å². The van der Waals surface area contributed by atoms with Crippen molar-refractivity contribution in [3.05, 3.63) is 89.8 Å². The Labute approximate surface area is 203 Å². The van der Waals surface area contributed by atoms with Crippen molar-refractivity contribution in [3.8, 4) is 22.6 Å². The lowest BCUT2D eigenvalue weighted by molar-refractivity contribution is -0.140. The Morgan fingerprint density at radius 1 is 0.971 bits per heavy atom. The minimum absolute atomic E-state index is 0.0179. The van der Waals surface area contributed by atoms with Crippen LogP contribution in [0.5, 0.6) is 11.5 Å². The van der Waals surface area contributed by atoms with Crippen LogP contribution in [0.15, 0.2) is 61.2 Å². The van der Waals surface area contributed by atoms with Crippen molar-refractivity contribution in [1.82, 2.24) is 0 Å². The molecule has 1 aliphatic rings. The molecular weight excluding hydrogens is 453 g/mol. The summed E-state index contributed by atoms with van der Waals surface area (Å²) >= 11 is 0. The molecule has 4 rings (SSSR count). The number of carbonyl (C=O) groups is 1. The molecule has 0 amide bonds. The van der Waals surface area contributed by atoms with E-state index < -0.39 is 29.3 Å². The molecule has 0 radical (unpaired) electrons. The van der Waals surface area contributed by atoms with E-state index in [1.807, 2.05) is 6.92 Å². The Balaban J connectivity index is 1.40. The van der Waals surface area contributed by atoms with Gasteiger partial charge in [-0.3, -0.25) is 4.79 Å². The van der Waals surface area contributed by atoms with Crippen LogP contribution in [-0.2, 0) is 4.79 Å². The van der Waals surface area contributed by atoms with Crippen molar-refractivity contribution in [3.63, 3.8) is 0 Å². The van der Waals surface area contributed by atoms with Crippen molar-refractivity contribution in [2.75, 3.05) is 6.61 Å². The van der Waals surface area contributed by atoms with Gasteiger partial charge in [-0.2, -0.15) is 4.39 Å². The first kappa shape index (κ1) is 24.6. The predicted molar refractivity (Wildman–Crippen MR) is 130 cm³/mol. The number of rotatable bonds is 7. The summed E-state index contributed by atoms with van der Waals surface area (Å²) in [5, 5.41) is 0. The highest BCUT2D eigenvalue weighted by molar-refractivity contribution is 5.76. The smallest absolute Gasteiger partial charge is 0.314 e. The van der Waals surface area contributed by atoms with Gasteiger partial charge in [0.15, 0.2) is 11.6 Å². The van der Waals surface area contributed by atoms with Gasteiger partial charge in [-0.1, -0.05) is 43.0 Å². The molecule has 0 aromatic heterocycles. The van der Waals surface area contributed by atoms with Crippen LogP contribution >= 0.6 is 0 Å². The van der Waals surface area contributed by atoms with Gasteiger partial charge in [0.1, 0.15) is 11.6 Å². The van der Waals surface area contributed by atoms with Crippen LogP contribution in [0.3, 0.4) is 0 Å². The van der Waals surface area contributed by atoms with Crippen molar-refractivity contribution in [2.45, 2.75) is 38.5 Å². The average molecular weight is 481 g/mol. The van der Waals surface area contributed by atoms with Crippen LogP contribution in [0.25, 0.3) is 17.2 Å².